The Morgan fingerprint density at radius 3 is 2.51 bits per heavy atom. The number of aromatic hydroxyl groups is 1. The van der Waals surface area contributed by atoms with Gasteiger partial charge in [-0.15, -0.1) is 10.2 Å². The summed E-state index contributed by atoms with van der Waals surface area (Å²) in [5.74, 6) is 1.92. The molecule has 0 amide bonds. The number of rotatable bonds is 6. The Labute approximate surface area is 243 Å². The minimum Gasteiger partial charge on any atom is -0.507 e. The summed E-state index contributed by atoms with van der Waals surface area (Å²) in [5, 5.41) is 18.9. The Morgan fingerprint density at radius 2 is 1.76 bits per heavy atom. The number of piperidine rings is 1. The van der Waals surface area contributed by atoms with Gasteiger partial charge in [-0.1, -0.05) is 38.3 Å². The molecule has 2 unspecified atom stereocenters. The first-order valence-electron chi connectivity index (χ1n) is 15.5. The van der Waals surface area contributed by atoms with Crippen LogP contribution in [0.15, 0.2) is 42.6 Å². The van der Waals surface area contributed by atoms with Gasteiger partial charge in [0.25, 0.3) is 0 Å². The van der Waals surface area contributed by atoms with Crippen molar-refractivity contribution in [2.45, 2.75) is 89.3 Å². The molecule has 9 nitrogen and oxygen atoms in total. The molecular weight excluding hydrogens is 512 g/mol. The first kappa shape index (κ1) is 27.7. The predicted octanol–water partition coefficient (Wildman–Crippen LogP) is 5.23. The molecule has 3 aromatic rings. The Hall–Kier alpha value is -3.46. The summed E-state index contributed by atoms with van der Waals surface area (Å²) >= 11 is 0. The highest BCUT2D eigenvalue weighted by molar-refractivity contribution is 5.74. The number of nitrogen functional groups attached to an aromatic ring is 1. The fourth-order valence-corrected chi connectivity index (χ4v) is 7.25. The number of benzene rings is 1. The molecule has 2 saturated heterocycles. The summed E-state index contributed by atoms with van der Waals surface area (Å²) in [7, 11) is 0. The van der Waals surface area contributed by atoms with Gasteiger partial charge < -0.3 is 25.5 Å². The van der Waals surface area contributed by atoms with E-state index in [1.54, 1.807) is 12.1 Å². The number of likely N-dealkylation sites (tertiary alicyclic amines) is 1. The molecule has 0 radical (unpaired) electrons. The second-order valence-electron chi connectivity index (χ2n) is 12.1. The van der Waals surface area contributed by atoms with E-state index in [-0.39, 0.29) is 17.8 Å². The van der Waals surface area contributed by atoms with Crippen molar-refractivity contribution in [3.63, 3.8) is 0 Å². The second-order valence-corrected chi connectivity index (χ2v) is 12.1. The van der Waals surface area contributed by atoms with Gasteiger partial charge in [-0.3, -0.25) is 0 Å². The van der Waals surface area contributed by atoms with E-state index in [2.05, 4.69) is 44.8 Å². The molecule has 2 aromatic heterocycles. The maximum absolute atomic E-state index is 10.4. The van der Waals surface area contributed by atoms with Gasteiger partial charge in [0.15, 0.2) is 5.82 Å². The van der Waals surface area contributed by atoms with Crippen molar-refractivity contribution in [1.29, 1.82) is 0 Å². The van der Waals surface area contributed by atoms with Gasteiger partial charge in [-0.2, -0.15) is 0 Å². The minimum atomic E-state index is 0.179. The molecule has 6 rings (SSSR count). The Morgan fingerprint density at radius 1 is 0.976 bits per heavy atom. The van der Waals surface area contributed by atoms with Crippen LogP contribution in [-0.2, 0) is 0 Å². The molecule has 4 heterocycles. The lowest BCUT2D eigenvalue weighted by Crippen LogP contribution is -2.58. The third-order valence-electron chi connectivity index (χ3n) is 9.51. The Balaban J connectivity index is 1.17. The molecule has 3 aliphatic rings. The number of phenols is 1. The third kappa shape index (κ3) is 5.82. The summed E-state index contributed by atoms with van der Waals surface area (Å²) in [6, 6.07) is 12.5. The van der Waals surface area contributed by atoms with Crippen LogP contribution in [0, 0.1) is 0 Å². The Bertz CT molecular complexity index is 1320. The molecule has 2 aliphatic heterocycles. The van der Waals surface area contributed by atoms with Gasteiger partial charge in [0.05, 0.1) is 11.4 Å². The van der Waals surface area contributed by atoms with Crippen molar-refractivity contribution >= 4 is 17.5 Å². The number of para-hydroxylation sites is 1. The highest BCUT2D eigenvalue weighted by Crippen LogP contribution is 2.35. The molecule has 218 valence electrons. The minimum absolute atomic E-state index is 0.179. The van der Waals surface area contributed by atoms with Crippen molar-refractivity contribution in [1.82, 2.24) is 25.1 Å². The van der Waals surface area contributed by atoms with E-state index in [1.165, 1.54) is 63.7 Å². The van der Waals surface area contributed by atoms with Crippen LogP contribution in [0.5, 0.6) is 5.75 Å². The van der Waals surface area contributed by atoms with Crippen molar-refractivity contribution in [2.75, 3.05) is 41.7 Å². The molecule has 41 heavy (non-hydrogen) atoms. The zero-order chi connectivity index (χ0) is 28.3. The number of nitrogens with zero attached hydrogens (tertiary/aromatic N) is 7. The van der Waals surface area contributed by atoms with Gasteiger partial charge in [-0.05, 0) is 76.4 Å². The van der Waals surface area contributed by atoms with Crippen molar-refractivity contribution in [3.8, 4) is 17.0 Å². The van der Waals surface area contributed by atoms with E-state index >= 15 is 0 Å². The van der Waals surface area contributed by atoms with E-state index in [4.69, 9.17) is 15.7 Å². The van der Waals surface area contributed by atoms with Crippen molar-refractivity contribution in [2.24, 2.45) is 0 Å². The summed E-state index contributed by atoms with van der Waals surface area (Å²) in [6.07, 6.45) is 12.2. The van der Waals surface area contributed by atoms with E-state index < -0.39 is 0 Å². The van der Waals surface area contributed by atoms with Crippen LogP contribution in [0.1, 0.15) is 76.8 Å². The SMILES string of the molecule is CCC1CN(c2cc(-c3ccccc3O)nnc2N)CC(C)N1c1nccc(C2CCN(C3CCCCC3)CC2)n1. The number of aromatic nitrogens is 4. The maximum atomic E-state index is 10.4. The van der Waals surface area contributed by atoms with E-state index in [0.717, 1.165) is 37.2 Å². The van der Waals surface area contributed by atoms with Crippen molar-refractivity contribution in [3.05, 3.63) is 48.3 Å². The number of hydrogen-bond donors (Lipinski definition) is 2. The van der Waals surface area contributed by atoms with Crippen LogP contribution in [0.4, 0.5) is 17.5 Å². The third-order valence-corrected chi connectivity index (χ3v) is 9.51. The number of phenolic OH excluding ortho intramolecular Hbond substituents is 1. The molecule has 2 atom stereocenters. The topological polar surface area (TPSA) is 108 Å². The van der Waals surface area contributed by atoms with Crippen LogP contribution < -0.4 is 15.5 Å². The van der Waals surface area contributed by atoms with Crippen LogP contribution in [0.2, 0.25) is 0 Å². The van der Waals surface area contributed by atoms with E-state index in [9.17, 15) is 5.11 Å². The van der Waals surface area contributed by atoms with Gasteiger partial charge in [0, 0.05) is 54.6 Å². The zero-order valence-corrected chi connectivity index (χ0v) is 24.5. The second kappa shape index (κ2) is 12.2. The van der Waals surface area contributed by atoms with Gasteiger partial charge in [0.1, 0.15) is 5.75 Å². The monoisotopic (exact) mass is 556 g/mol. The van der Waals surface area contributed by atoms with Gasteiger partial charge in [0.2, 0.25) is 5.95 Å². The molecule has 3 fully saturated rings. The van der Waals surface area contributed by atoms with Crippen LogP contribution in [0.25, 0.3) is 11.3 Å². The summed E-state index contributed by atoms with van der Waals surface area (Å²) < 4.78 is 0. The largest absolute Gasteiger partial charge is 0.507 e. The lowest BCUT2D eigenvalue weighted by Gasteiger charge is -2.46. The highest BCUT2D eigenvalue weighted by Gasteiger charge is 2.35. The number of anilines is 3. The standard InChI is InChI=1S/C32H44N8O/c1-3-24-21-39(29-19-28(36-37-31(29)33)26-11-7-8-12-30(26)41)20-22(2)40(24)32-34-16-13-27(35-32)23-14-17-38(18-15-23)25-9-5-4-6-10-25/h7-8,11-13,16,19,22-25,41H,3-6,9-10,14-15,17-18,20-21H2,1-2H3,(H2,33,37). The number of nitrogens with two attached hydrogens (primary N) is 1. The molecule has 1 aromatic carbocycles. The predicted molar refractivity (Wildman–Crippen MR) is 164 cm³/mol. The summed E-state index contributed by atoms with van der Waals surface area (Å²) in [6.45, 7) is 8.38. The van der Waals surface area contributed by atoms with Crippen molar-refractivity contribution < 1.29 is 5.11 Å². The lowest BCUT2D eigenvalue weighted by molar-refractivity contribution is 0.121. The molecule has 1 saturated carbocycles. The van der Waals surface area contributed by atoms with E-state index in [0.29, 0.717) is 23.0 Å². The lowest BCUT2D eigenvalue weighted by atomic mass is 9.89. The molecule has 1 aliphatic carbocycles. The number of hydrogen-bond acceptors (Lipinski definition) is 9. The number of piperazine rings is 1. The summed E-state index contributed by atoms with van der Waals surface area (Å²) in [5.41, 5.74) is 9.66. The van der Waals surface area contributed by atoms with Crippen LogP contribution in [0.3, 0.4) is 0 Å². The van der Waals surface area contributed by atoms with E-state index in [1.807, 2.05) is 24.4 Å². The summed E-state index contributed by atoms with van der Waals surface area (Å²) in [4.78, 5) is 17.4. The molecule has 3 N–H and O–H groups in total. The molecular formula is C32H44N8O. The first-order valence-corrected chi connectivity index (χ1v) is 15.5. The van der Waals surface area contributed by atoms with Crippen LogP contribution >= 0.6 is 0 Å². The molecule has 0 bridgehead atoms. The van der Waals surface area contributed by atoms with Gasteiger partial charge >= 0.3 is 0 Å². The molecule has 9 heteroatoms. The smallest absolute Gasteiger partial charge is 0.226 e. The first-order chi connectivity index (χ1) is 20.0. The highest BCUT2D eigenvalue weighted by atomic mass is 16.3. The fraction of sp³-hybridized carbons (Fsp3) is 0.562. The fourth-order valence-electron chi connectivity index (χ4n) is 7.25. The maximum Gasteiger partial charge on any atom is 0.226 e. The Kier molecular flexibility index (Phi) is 8.23. The molecule has 0 spiro atoms. The average molecular weight is 557 g/mol. The normalized spacial score (nSPS) is 23.2. The zero-order valence-electron chi connectivity index (χ0n) is 24.5. The quantitative estimate of drug-likeness (QED) is 0.422. The van der Waals surface area contributed by atoms with Crippen LogP contribution in [-0.4, -0.2) is 74.5 Å². The van der Waals surface area contributed by atoms with Gasteiger partial charge in [-0.25, -0.2) is 9.97 Å². The average Bonchev–Trinajstić information content (AvgIpc) is 3.02.